The van der Waals surface area contributed by atoms with Crippen molar-refractivity contribution in [2.24, 2.45) is 0 Å². The predicted molar refractivity (Wildman–Crippen MR) is 163 cm³/mol. The Morgan fingerprint density at radius 3 is 2.40 bits per heavy atom. The third kappa shape index (κ3) is 9.05. The maximum atomic E-state index is 13.7. The predicted octanol–water partition coefficient (Wildman–Crippen LogP) is 1.22. The summed E-state index contributed by atoms with van der Waals surface area (Å²) in [7, 11) is 0. The van der Waals surface area contributed by atoms with Gasteiger partial charge in [0, 0.05) is 30.0 Å². The number of amides is 4. The van der Waals surface area contributed by atoms with E-state index in [-0.39, 0.29) is 49.5 Å². The first kappa shape index (κ1) is 32.6. The number of thiol groups is 1. The number of imide groups is 1. The van der Waals surface area contributed by atoms with Crippen LogP contribution in [0.25, 0.3) is 0 Å². The van der Waals surface area contributed by atoms with Gasteiger partial charge in [0.1, 0.15) is 0 Å². The average molecular weight is 597 g/mol. The molecule has 2 aromatic rings. The van der Waals surface area contributed by atoms with E-state index in [1.165, 1.54) is 4.90 Å². The van der Waals surface area contributed by atoms with Gasteiger partial charge in [0.05, 0.1) is 37.0 Å². The molecule has 0 radical (unpaired) electrons. The molecule has 4 amide bonds. The summed E-state index contributed by atoms with van der Waals surface area (Å²) >= 11 is 3.88. The summed E-state index contributed by atoms with van der Waals surface area (Å²) in [6, 6.07) is 12.5. The van der Waals surface area contributed by atoms with Crippen LogP contribution in [0.4, 0.5) is 0 Å². The maximum absolute atomic E-state index is 13.7. The van der Waals surface area contributed by atoms with Crippen LogP contribution >= 0.6 is 12.6 Å². The highest BCUT2D eigenvalue weighted by atomic mass is 32.1. The number of aromatic nitrogens is 1. The molecule has 3 rings (SSSR count). The molecular formula is C30H40N6O5S. The number of benzene rings is 1. The van der Waals surface area contributed by atoms with Gasteiger partial charge in [0.15, 0.2) is 0 Å². The number of carbonyl (C=O) groups is 5. The van der Waals surface area contributed by atoms with E-state index in [0.29, 0.717) is 48.6 Å². The molecule has 1 aliphatic rings. The highest BCUT2D eigenvalue weighted by Gasteiger charge is 2.36. The Bertz CT molecular complexity index is 1280. The number of rotatable bonds is 17. The van der Waals surface area contributed by atoms with Gasteiger partial charge in [0.2, 0.25) is 29.4 Å². The molecule has 42 heavy (non-hydrogen) atoms. The standard InChI is InChI=1S/C30H40N6O5S/c1-3-13-31-14-7-15-36(28(39)19-34-26(37)18-32-21(2)17-33-27(38)20-42)30(41)23-12-16-35-24(23)10-11-25(35)29(40)22-8-5-4-6-9-22/h4-6,8-11,23,31-32,42H,2-3,7,12-20H2,1H3,(H,33,38)(H,34,37). The van der Waals surface area contributed by atoms with E-state index < -0.39 is 17.7 Å². The molecule has 1 aromatic carbocycles. The first-order valence-electron chi connectivity index (χ1n) is 14.2. The van der Waals surface area contributed by atoms with Crippen molar-refractivity contribution in [3.63, 3.8) is 0 Å². The molecule has 0 saturated carbocycles. The number of carbonyl (C=O) groups excluding carboxylic acids is 5. The summed E-state index contributed by atoms with van der Waals surface area (Å²) in [6.45, 7) is 7.63. The van der Waals surface area contributed by atoms with Crippen LogP contribution in [0, 0.1) is 0 Å². The third-order valence-corrected chi connectivity index (χ3v) is 7.17. The van der Waals surface area contributed by atoms with E-state index in [9.17, 15) is 24.0 Å². The maximum Gasteiger partial charge on any atom is 0.248 e. The Kier molecular flexibility index (Phi) is 12.8. The summed E-state index contributed by atoms with van der Waals surface area (Å²) in [5.41, 5.74) is 2.22. The van der Waals surface area contributed by atoms with Crippen LogP contribution in [0.15, 0.2) is 54.7 Å². The number of nitrogens with zero attached hydrogens (tertiary/aromatic N) is 2. The van der Waals surface area contributed by atoms with Crippen LogP contribution in [0.3, 0.4) is 0 Å². The minimum atomic E-state index is -0.567. The second-order valence-corrected chi connectivity index (χ2v) is 10.3. The topological polar surface area (TPSA) is 142 Å². The number of fused-ring (bicyclic) bond motifs is 1. The van der Waals surface area contributed by atoms with Crippen molar-refractivity contribution >= 4 is 42.0 Å². The molecule has 1 atom stereocenters. The lowest BCUT2D eigenvalue weighted by Gasteiger charge is -2.24. The lowest BCUT2D eigenvalue weighted by molar-refractivity contribution is -0.146. The molecule has 0 spiro atoms. The second kappa shape index (κ2) is 16.5. The Balaban J connectivity index is 1.63. The van der Waals surface area contributed by atoms with Crippen molar-refractivity contribution in [2.45, 2.75) is 38.6 Å². The quantitative estimate of drug-likeness (QED) is 0.105. The smallest absolute Gasteiger partial charge is 0.248 e. The Hall–Kier alpha value is -3.90. The average Bonchev–Trinajstić information content (AvgIpc) is 3.62. The van der Waals surface area contributed by atoms with Gasteiger partial charge in [-0.15, -0.1) is 0 Å². The summed E-state index contributed by atoms with van der Waals surface area (Å²) in [5, 5.41) is 11.2. The summed E-state index contributed by atoms with van der Waals surface area (Å²) < 4.78 is 1.86. The van der Waals surface area contributed by atoms with Crippen LogP contribution in [0.2, 0.25) is 0 Å². The van der Waals surface area contributed by atoms with E-state index in [4.69, 9.17) is 0 Å². The number of ketones is 1. The first-order valence-corrected chi connectivity index (χ1v) is 14.8. The zero-order valence-corrected chi connectivity index (χ0v) is 24.9. The fourth-order valence-electron chi connectivity index (χ4n) is 4.70. The first-order chi connectivity index (χ1) is 20.3. The molecule has 1 aliphatic heterocycles. The van der Waals surface area contributed by atoms with Gasteiger partial charge in [-0.25, -0.2) is 0 Å². The van der Waals surface area contributed by atoms with Crippen LogP contribution in [-0.2, 0) is 25.7 Å². The number of hydrogen-bond acceptors (Lipinski definition) is 8. The van der Waals surface area contributed by atoms with Crippen molar-refractivity contribution in [3.8, 4) is 0 Å². The van der Waals surface area contributed by atoms with Crippen LogP contribution in [0.1, 0.15) is 53.8 Å². The highest BCUT2D eigenvalue weighted by molar-refractivity contribution is 7.81. The van der Waals surface area contributed by atoms with Gasteiger partial charge < -0.3 is 25.8 Å². The van der Waals surface area contributed by atoms with E-state index in [0.717, 1.165) is 13.0 Å². The zero-order valence-electron chi connectivity index (χ0n) is 24.0. The lowest BCUT2D eigenvalue weighted by Crippen LogP contribution is -2.47. The normalized spacial score (nSPS) is 13.6. The Morgan fingerprint density at radius 2 is 1.69 bits per heavy atom. The highest BCUT2D eigenvalue weighted by Crippen LogP contribution is 2.33. The van der Waals surface area contributed by atoms with Crippen molar-refractivity contribution < 1.29 is 24.0 Å². The Labute approximate surface area is 251 Å². The van der Waals surface area contributed by atoms with Gasteiger partial charge in [-0.3, -0.25) is 28.9 Å². The fraction of sp³-hybridized carbons (Fsp3) is 0.433. The van der Waals surface area contributed by atoms with Crippen molar-refractivity contribution in [2.75, 3.05) is 45.0 Å². The molecule has 0 aliphatic carbocycles. The second-order valence-electron chi connectivity index (χ2n) is 9.99. The van der Waals surface area contributed by atoms with E-state index in [2.05, 4.69) is 47.4 Å². The van der Waals surface area contributed by atoms with Crippen LogP contribution in [-0.4, -0.2) is 83.9 Å². The van der Waals surface area contributed by atoms with Crippen LogP contribution < -0.4 is 21.3 Å². The van der Waals surface area contributed by atoms with Gasteiger partial charge in [0.25, 0.3) is 0 Å². The summed E-state index contributed by atoms with van der Waals surface area (Å²) in [6.07, 6.45) is 2.01. The molecule has 1 aromatic heterocycles. The molecule has 0 saturated heterocycles. The molecule has 0 bridgehead atoms. The number of hydrogen-bond donors (Lipinski definition) is 5. The molecule has 226 valence electrons. The zero-order chi connectivity index (χ0) is 30.5. The molecular weight excluding hydrogens is 556 g/mol. The largest absolute Gasteiger partial charge is 0.379 e. The summed E-state index contributed by atoms with van der Waals surface area (Å²) in [5.74, 6) is -2.21. The van der Waals surface area contributed by atoms with Crippen molar-refractivity contribution in [1.29, 1.82) is 0 Å². The monoisotopic (exact) mass is 596 g/mol. The molecule has 0 fully saturated rings. The number of nitrogens with one attached hydrogen (secondary N) is 4. The SMILES string of the molecule is C=C(CNC(=O)CS)NCC(=O)NCC(=O)N(CCCNCCC)C(=O)C1CCn2c(C(=O)c3ccccc3)ccc21. The lowest BCUT2D eigenvalue weighted by atomic mass is 10.0. The Morgan fingerprint density at radius 1 is 0.952 bits per heavy atom. The van der Waals surface area contributed by atoms with Crippen molar-refractivity contribution in [3.05, 3.63) is 71.7 Å². The molecule has 1 unspecified atom stereocenters. The van der Waals surface area contributed by atoms with E-state index in [1.54, 1.807) is 24.3 Å². The van der Waals surface area contributed by atoms with Gasteiger partial charge in [-0.05, 0) is 44.5 Å². The minimum Gasteiger partial charge on any atom is -0.379 e. The van der Waals surface area contributed by atoms with E-state index in [1.807, 2.05) is 22.8 Å². The molecule has 11 nitrogen and oxygen atoms in total. The third-order valence-electron chi connectivity index (χ3n) is 6.89. The van der Waals surface area contributed by atoms with Gasteiger partial charge in [-0.1, -0.05) is 43.8 Å². The summed E-state index contributed by atoms with van der Waals surface area (Å²) in [4.78, 5) is 65.0. The van der Waals surface area contributed by atoms with Crippen LogP contribution in [0.5, 0.6) is 0 Å². The molecule has 12 heteroatoms. The molecule has 4 N–H and O–H groups in total. The molecule has 2 heterocycles. The van der Waals surface area contributed by atoms with Crippen molar-refractivity contribution in [1.82, 2.24) is 30.7 Å². The van der Waals surface area contributed by atoms with Gasteiger partial charge >= 0.3 is 0 Å². The van der Waals surface area contributed by atoms with Gasteiger partial charge in [-0.2, -0.15) is 12.6 Å². The van der Waals surface area contributed by atoms with E-state index >= 15 is 0 Å². The minimum absolute atomic E-state index is 0.0411. The fourth-order valence-corrected chi connectivity index (χ4v) is 4.81.